The van der Waals surface area contributed by atoms with Crippen LogP contribution in [0.4, 0.5) is 14.9 Å². The first-order valence-electron chi connectivity index (χ1n) is 8.95. The maximum atomic E-state index is 14.2. The molecule has 0 fully saturated rings. The number of amides is 2. The summed E-state index contributed by atoms with van der Waals surface area (Å²) in [5.74, 6) is 0.933. The summed E-state index contributed by atoms with van der Waals surface area (Å²) in [7, 11) is 0. The van der Waals surface area contributed by atoms with Crippen LogP contribution in [0.5, 0.6) is 11.5 Å². The minimum absolute atomic E-state index is 0.181. The molecule has 2 aliphatic rings. The molecule has 142 valence electrons. The molecule has 0 atom stereocenters. The second-order valence-electron chi connectivity index (χ2n) is 6.68. The van der Waals surface area contributed by atoms with Gasteiger partial charge < -0.3 is 19.7 Å². The lowest BCUT2D eigenvalue weighted by atomic mass is 10.0. The summed E-state index contributed by atoms with van der Waals surface area (Å²) in [6, 6.07) is 11.5. The number of anilines is 1. The van der Waals surface area contributed by atoms with E-state index in [-0.39, 0.29) is 18.6 Å². The van der Waals surface area contributed by atoms with Gasteiger partial charge >= 0.3 is 6.03 Å². The zero-order valence-electron chi connectivity index (χ0n) is 14.9. The summed E-state index contributed by atoms with van der Waals surface area (Å²) in [4.78, 5) is 14.4. The van der Waals surface area contributed by atoms with E-state index < -0.39 is 0 Å². The van der Waals surface area contributed by atoms with E-state index in [1.807, 2.05) is 0 Å². The van der Waals surface area contributed by atoms with Gasteiger partial charge in [0, 0.05) is 41.5 Å². The Morgan fingerprint density at radius 2 is 2.04 bits per heavy atom. The lowest BCUT2D eigenvalue weighted by Crippen LogP contribution is -2.38. The topological polar surface area (TPSA) is 79.5 Å². The van der Waals surface area contributed by atoms with Crippen molar-refractivity contribution in [1.82, 2.24) is 15.1 Å². The smallest absolute Gasteiger partial charge is 0.322 e. The lowest BCUT2D eigenvalue weighted by molar-refractivity contribution is 0.174. The van der Waals surface area contributed by atoms with Crippen LogP contribution in [0.1, 0.15) is 11.3 Å². The van der Waals surface area contributed by atoms with Crippen molar-refractivity contribution < 1.29 is 18.7 Å². The molecule has 0 saturated heterocycles. The molecule has 0 bridgehead atoms. The number of H-pyrrole nitrogens is 1. The minimum atomic E-state index is -0.335. The van der Waals surface area contributed by atoms with Crippen molar-refractivity contribution in [2.75, 3.05) is 18.7 Å². The normalized spacial score (nSPS) is 14.7. The quantitative estimate of drug-likeness (QED) is 0.713. The van der Waals surface area contributed by atoms with Crippen LogP contribution in [0, 0.1) is 5.82 Å². The molecular formula is C20H17FN4O3. The predicted molar refractivity (Wildman–Crippen MR) is 99.7 cm³/mol. The molecule has 0 spiro atoms. The van der Waals surface area contributed by atoms with E-state index in [9.17, 15) is 9.18 Å². The molecule has 0 radical (unpaired) electrons. The van der Waals surface area contributed by atoms with E-state index in [1.54, 1.807) is 41.3 Å². The fourth-order valence-electron chi connectivity index (χ4n) is 3.52. The molecule has 0 aliphatic carbocycles. The van der Waals surface area contributed by atoms with Crippen molar-refractivity contribution in [3.05, 3.63) is 59.5 Å². The van der Waals surface area contributed by atoms with Gasteiger partial charge in [-0.2, -0.15) is 5.10 Å². The van der Waals surface area contributed by atoms with Gasteiger partial charge in [0.05, 0.1) is 6.54 Å². The SMILES string of the molecule is O=C(Nc1ccc2c(c1)OCO2)N1CCc2[nH]nc(-c3ccccc3F)c2C1. The summed E-state index contributed by atoms with van der Waals surface area (Å²) in [5.41, 5.74) is 3.39. The number of ether oxygens (including phenoxy) is 2. The number of rotatable bonds is 2. The number of nitrogens with one attached hydrogen (secondary N) is 2. The number of carbonyl (C=O) groups is 1. The van der Waals surface area contributed by atoms with Gasteiger partial charge in [-0.05, 0) is 24.3 Å². The van der Waals surface area contributed by atoms with E-state index in [1.165, 1.54) is 6.07 Å². The summed E-state index contributed by atoms with van der Waals surface area (Å²) in [5, 5.41) is 10.2. The molecule has 28 heavy (non-hydrogen) atoms. The average molecular weight is 380 g/mol. The highest BCUT2D eigenvalue weighted by Gasteiger charge is 2.27. The molecule has 2 N–H and O–H groups in total. The summed E-state index contributed by atoms with van der Waals surface area (Å²) in [6.07, 6.45) is 0.630. The fourth-order valence-corrected chi connectivity index (χ4v) is 3.52. The van der Waals surface area contributed by atoms with Gasteiger partial charge in [0.1, 0.15) is 11.5 Å². The number of aromatic amines is 1. The molecule has 0 unspecified atom stereocenters. The van der Waals surface area contributed by atoms with E-state index in [4.69, 9.17) is 9.47 Å². The zero-order chi connectivity index (χ0) is 19.1. The third kappa shape index (κ3) is 2.83. The van der Waals surface area contributed by atoms with Crippen molar-refractivity contribution in [1.29, 1.82) is 0 Å². The Bertz CT molecular complexity index is 1070. The van der Waals surface area contributed by atoms with Crippen LogP contribution in [-0.2, 0) is 13.0 Å². The Balaban J connectivity index is 1.36. The Morgan fingerprint density at radius 1 is 1.18 bits per heavy atom. The number of fused-ring (bicyclic) bond motifs is 2. The predicted octanol–water partition coefficient (Wildman–Crippen LogP) is 3.53. The van der Waals surface area contributed by atoms with Crippen LogP contribution in [0.25, 0.3) is 11.3 Å². The van der Waals surface area contributed by atoms with Crippen LogP contribution in [0.2, 0.25) is 0 Å². The highest BCUT2D eigenvalue weighted by Crippen LogP contribution is 2.35. The van der Waals surface area contributed by atoms with Gasteiger partial charge in [-0.15, -0.1) is 0 Å². The zero-order valence-corrected chi connectivity index (χ0v) is 14.9. The lowest BCUT2D eigenvalue weighted by Gasteiger charge is -2.27. The molecule has 3 heterocycles. The van der Waals surface area contributed by atoms with Crippen molar-refractivity contribution in [3.8, 4) is 22.8 Å². The second kappa shape index (κ2) is 6.56. The third-order valence-corrected chi connectivity index (χ3v) is 4.97. The molecule has 8 heteroatoms. The number of nitrogens with zero attached hydrogens (tertiary/aromatic N) is 2. The summed E-state index contributed by atoms with van der Waals surface area (Å²) in [6.45, 7) is 1.08. The Morgan fingerprint density at radius 3 is 2.93 bits per heavy atom. The molecule has 7 nitrogen and oxygen atoms in total. The summed E-state index contributed by atoms with van der Waals surface area (Å²) >= 11 is 0. The molecule has 1 aromatic heterocycles. The van der Waals surface area contributed by atoms with Gasteiger partial charge in [0.25, 0.3) is 0 Å². The molecule has 2 aromatic carbocycles. The average Bonchev–Trinajstić information content (AvgIpc) is 3.34. The van der Waals surface area contributed by atoms with Crippen LogP contribution < -0.4 is 14.8 Å². The van der Waals surface area contributed by atoms with Gasteiger partial charge in [0.2, 0.25) is 6.79 Å². The number of halogens is 1. The number of benzene rings is 2. The van der Waals surface area contributed by atoms with Crippen molar-refractivity contribution in [2.24, 2.45) is 0 Å². The van der Waals surface area contributed by atoms with Crippen LogP contribution >= 0.6 is 0 Å². The number of aromatic nitrogens is 2. The molecule has 0 saturated carbocycles. The van der Waals surface area contributed by atoms with E-state index in [0.717, 1.165) is 11.3 Å². The minimum Gasteiger partial charge on any atom is -0.454 e. The first kappa shape index (κ1) is 16.6. The fraction of sp³-hybridized carbons (Fsp3) is 0.200. The first-order valence-corrected chi connectivity index (χ1v) is 8.95. The Hall–Kier alpha value is -3.55. The van der Waals surface area contributed by atoms with Crippen LogP contribution in [-0.4, -0.2) is 34.5 Å². The molecular weight excluding hydrogens is 363 g/mol. The monoisotopic (exact) mass is 380 g/mol. The van der Waals surface area contributed by atoms with Crippen molar-refractivity contribution >= 4 is 11.7 Å². The van der Waals surface area contributed by atoms with Crippen LogP contribution in [0.15, 0.2) is 42.5 Å². The highest BCUT2D eigenvalue weighted by molar-refractivity contribution is 5.90. The van der Waals surface area contributed by atoms with Crippen LogP contribution in [0.3, 0.4) is 0 Å². The van der Waals surface area contributed by atoms with E-state index in [2.05, 4.69) is 15.5 Å². The van der Waals surface area contributed by atoms with E-state index in [0.29, 0.717) is 48.0 Å². The van der Waals surface area contributed by atoms with Gasteiger partial charge in [-0.3, -0.25) is 5.10 Å². The molecule has 2 aliphatic heterocycles. The van der Waals surface area contributed by atoms with Crippen molar-refractivity contribution in [3.63, 3.8) is 0 Å². The third-order valence-electron chi connectivity index (χ3n) is 4.97. The first-order chi connectivity index (χ1) is 13.7. The number of urea groups is 1. The number of hydrogen-bond donors (Lipinski definition) is 2. The van der Waals surface area contributed by atoms with Gasteiger partial charge in [-0.1, -0.05) is 12.1 Å². The standard InChI is InChI=1S/C20H17FN4O3/c21-15-4-2-1-3-13(15)19-14-10-25(8-7-16(14)23-24-19)20(26)22-12-5-6-17-18(9-12)28-11-27-17/h1-6,9H,7-8,10-11H2,(H,22,26)(H,23,24). The second-order valence-corrected chi connectivity index (χ2v) is 6.68. The summed E-state index contributed by atoms with van der Waals surface area (Å²) < 4.78 is 24.8. The van der Waals surface area contributed by atoms with E-state index >= 15 is 0 Å². The molecule has 3 aromatic rings. The maximum Gasteiger partial charge on any atom is 0.322 e. The largest absolute Gasteiger partial charge is 0.454 e. The Kier molecular flexibility index (Phi) is 3.89. The highest BCUT2D eigenvalue weighted by atomic mass is 19.1. The Labute approximate surface area is 160 Å². The number of hydrogen-bond acceptors (Lipinski definition) is 4. The molecule has 2 amide bonds. The maximum absolute atomic E-state index is 14.2. The van der Waals surface area contributed by atoms with Crippen molar-refractivity contribution in [2.45, 2.75) is 13.0 Å². The number of carbonyl (C=O) groups excluding carboxylic acids is 1. The molecule has 5 rings (SSSR count). The van der Waals surface area contributed by atoms with Gasteiger partial charge in [-0.25, -0.2) is 9.18 Å². The van der Waals surface area contributed by atoms with Gasteiger partial charge in [0.15, 0.2) is 11.5 Å².